The number of nitrogens with one attached hydrogen (secondary N) is 1. The Labute approximate surface area is 298 Å². The zero-order valence-electron chi connectivity index (χ0n) is 31.1. The number of fused-ring (bicyclic) bond motifs is 1. The Morgan fingerprint density at radius 2 is 1.82 bits per heavy atom. The van der Waals surface area contributed by atoms with E-state index in [9.17, 15) is 18.5 Å². The highest BCUT2D eigenvalue weighted by molar-refractivity contribution is 7.90. The van der Waals surface area contributed by atoms with Crippen LogP contribution < -0.4 is 10.2 Å². The van der Waals surface area contributed by atoms with Gasteiger partial charge in [-0.05, 0) is 105 Å². The van der Waals surface area contributed by atoms with E-state index in [1.807, 2.05) is 26.8 Å². The summed E-state index contributed by atoms with van der Waals surface area (Å²) in [5.41, 5.74) is 3.31. The van der Waals surface area contributed by atoms with E-state index >= 15 is 0 Å². The maximum atomic E-state index is 13.6. The van der Waals surface area contributed by atoms with Gasteiger partial charge < -0.3 is 14.5 Å². The summed E-state index contributed by atoms with van der Waals surface area (Å²) in [4.78, 5) is 24.8. The van der Waals surface area contributed by atoms with Gasteiger partial charge in [0.15, 0.2) is 18.2 Å². The van der Waals surface area contributed by atoms with Crippen LogP contribution in [-0.2, 0) is 30.8 Å². The van der Waals surface area contributed by atoms with Gasteiger partial charge >= 0.3 is 6.09 Å². The number of anilines is 3. The molecular weight excluding hydrogens is 667 g/mol. The van der Waals surface area contributed by atoms with E-state index in [2.05, 4.69) is 57.2 Å². The summed E-state index contributed by atoms with van der Waals surface area (Å²) >= 11 is 0. The molecule has 50 heavy (non-hydrogen) atoms. The van der Waals surface area contributed by atoms with Crippen molar-refractivity contribution in [3.63, 3.8) is 0 Å². The molecule has 0 spiro atoms. The second-order valence-electron chi connectivity index (χ2n) is 16.7. The SMILES string of the molecule is CC(C)(C)OC(=O)N1C[C@](C)(CO[Si](C)(C)C(C)(C)C)c2cc(-c3ccnc(Nc4ccc(S(C)(=O)=O)cc4CCC4CC4)n3)cc(C#N)c21. The number of nitriles is 1. The van der Waals surface area contributed by atoms with E-state index in [4.69, 9.17) is 14.1 Å². The van der Waals surface area contributed by atoms with Crippen LogP contribution in [0.3, 0.4) is 0 Å². The number of carbonyl (C=O) groups is 1. The minimum absolute atomic E-state index is 0.0114. The molecule has 0 unspecified atom stereocenters. The molecular formula is C38H51N5O5SSi. The van der Waals surface area contributed by atoms with Crippen molar-refractivity contribution < 1.29 is 22.4 Å². The zero-order chi connectivity index (χ0) is 36.9. The second-order valence-corrected chi connectivity index (χ2v) is 23.5. The van der Waals surface area contributed by atoms with Gasteiger partial charge in [-0.1, -0.05) is 40.5 Å². The fourth-order valence-corrected chi connectivity index (χ4v) is 7.66. The Bertz CT molecular complexity index is 1940. The van der Waals surface area contributed by atoms with Crippen LogP contribution in [0.5, 0.6) is 0 Å². The van der Waals surface area contributed by atoms with Crippen molar-refractivity contribution >= 4 is 41.6 Å². The lowest BCUT2D eigenvalue weighted by Gasteiger charge is -2.39. The van der Waals surface area contributed by atoms with Crippen LogP contribution >= 0.6 is 0 Å². The highest BCUT2D eigenvalue weighted by Crippen LogP contribution is 2.47. The van der Waals surface area contributed by atoms with Crippen molar-refractivity contribution in [2.75, 3.05) is 29.6 Å². The summed E-state index contributed by atoms with van der Waals surface area (Å²) in [5.74, 6) is 1.03. The number of sulfone groups is 1. The number of carbonyl (C=O) groups excluding carboxylic acids is 1. The number of ether oxygens (including phenoxy) is 1. The highest BCUT2D eigenvalue weighted by Gasteiger charge is 2.47. The van der Waals surface area contributed by atoms with Crippen molar-refractivity contribution in [3.8, 4) is 17.3 Å². The predicted octanol–water partition coefficient (Wildman–Crippen LogP) is 8.54. The largest absolute Gasteiger partial charge is 0.443 e. The van der Waals surface area contributed by atoms with Crippen LogP contribution in [0.25, 0.3) is 11.3 Å². The molecule has 12 heteroatoms. The standard InChI is InChI=1S/C38H51N5O5SSi/c1-36(2,3)48-35(44)43-23-38(7,24-47-50(9,10)37(4,5)6)30-21-27(19-28(22-39)33(30)43)32-17-18-40-34(42-32)41-31-16-15-29(49(8,45)46)20-26(31)14-13-25-11-12-25/h15-21,25H,11-14,23-24H2,1-10H3,(H,40,41,42)/t38-/m1/s1. The Kier molecular flexibility index (Phi) is 10.0. The molecule has 2 aliphatic rings. The molecule has 1 amide bonds. The number of benzene rings is 2. The molecule has 1 N–H and O–H groups in total. The average Bonchev–Trinajstić information content (AvgIpc) is 3.79. The summed E-state index contributed by atoms with van der Waals surface area (Å²) in [6.45, 7) is 19.2. The van der Waals surface area contributed by atoms with Crippen LogP contribution in [0, 0.1) is 17.2 Å². The van der Waals surface area contributed by atoms with Gasteiger partial charge in [-0.3, -0.25) is 4.90 Å². The molecule has 0 radical (unpaired) electrons. The average molecular weight is 718 g/mol. The first-order chi connectivity index (χ1) is 23.1. The minimum Gasteiger partial charge on any atom is -0.443 e. The van der Waals surface area contributed by atoms with Gasteiger partial charge in [0.25, 0.3) is 0 Å². The van der Waals surface area contributed by atoms with Crippen molar-refractivity contribution in [1.82, 2.24) is 9.97 Å². The molecule has 268 valence electrons. The number of hydrogen-bond donors (Lipinski definition) is 1. The van der Waals surface area contributed by atoms with Gasteiger partial charge in [0.1, 0.15) is 11.7 Å². The fourth-order valence-electron chi connectivity index (χ4n) is 5.88. The number of hydrogen-bond acceptors (Lipinski definition) is 9. The van der Waals surface area contributed by atoms with Gasteiger partial charge in [-0.2, -0.15) is 5.26 Å². The molecule has 1 aliphatic carbocycles. The summed E-state index contributed by atoms with van der Waals surface area (Å²) in [6.07, 6.45) is 6.53. The molecule has 1 saturated carbocycles. The maximum Gasteiger partial charge on any atom is 0.414 e. The fraction of sp³-hybridized carbons (Fsp3) is 0.526. The van der Waals surface area contributed by atoms with E-state index in [0.717, 1.165) is 29.7 Å². The van der Waals surface area contributed by atoms with Crippen LogP contribution in [0.1, 0.15) is 84.4 Å². The molecule has 10 nitrogen and oxygen atoms in total. The van der Waals surface area contributed by atoms with E-state index in [1.165, 1.54) is 19.1 Å². The predicted molar refractivity (Wildman–Crippen MR) is 200 cm³/mol. The van der Waals surface area contributed by atoms with Crippen LogP contribution in [0.4, 0.5) is 22.1 Å². The van der Waals surface area contributed by atoms with Crippen molar-refractivity contribution in [3.05, 3.63) is 59.3 Å². The van der Waals surface area contributed by atoms with Gasteiger partial charge in [0.2, 0.25) is 5.95 Å². The molecule has 3 aromatic rings. The Morgan fingerprint density at radius 3 is 2.42 bits per heavy atom. The summed E-state index contributed by atoms with van der Waals surface area (Å²) in [6, 6.07) is 13.0. The number of nitrogens with zero attached hydrogens (tertiary/aromatic N) is 4. The van der Waals surface area contributed by atoms with Crippen molar-refractivity contribution in [1.29, 1.82) is 5.26 Å². The molecule has 1 atom stereocenters. The first-order valence-electron chi connectivity index (χ1n) is 17.3. The lowest BCUT2D eigenvalue weighted by Crippen LogP contribution is -2.46. The third kappa shape index (κ3) is 8.39. The number of aryl methyl sites for hydroxylation is 1. The first kappa shape index (κ1) is 37.5. The van der Waals surface area contributed by atoms with Crippen molar-refractivity contribution in [2.45, 2.75) is 108 Å². The second kappa shape index (κ2) is 13.4. The summed E-state index contributed by atoms with van der Waals surface area (Å²) in [5, 5.41) is 13.8. The number of amides is 1. The molecule has 1 aromatic heterocycles. The Balaban J connectivity index is 1.54. The summed E-state index contributed by atoms with van der Waals surface area (Å²) < 4.78 is 37.2. The molecule has 0 saturated heterocycles. The monoisotopic (exact) mass is 717 g/mol. The van der Waals surface area contributed by atoms with Crippen molar-refractivity contribution in [2.24, 2.45) is 5.92 Å². The van der Waals surface area contributed by atoms with E-state index < -0.39 is 35.3 Å². The lowest BCUT2D eigenvalue weighted by atomic mass is 9.83. The third-order valence-electron chi connectivity index (χ3n) is 10.1. The van der Waals surface area contributed by atoms with Crippen LogP contribution in [0.15, 0.2) is 47.5 Å². The van der Waals surface area contributed by atoms with Crippen LogP contribution in [0.2, 0.25) is 18.1 Å². The molecule has 1 fully saturated rings. The first-order valence-corrected chi connectivity index (χ1v) is 22.1. The van der Waals surface area contributed by atoms with Crippen LogP contribution in [-0.4, -0.2) is 57.8 Å². The molecule has 5 rings (SSSR count). The smallest absolute Gasteiger partial charge is 0.414 e. The third-order valence-corrected chi connectivity index (χ3v) is 15.6. The van der Waals surface area contributed by atoms with Gasteiger partial charge in [-0.25, -0.2) is 23.2 Å². The highest BCUT2D eigenvalue weighted by atomic mass is 32.2. The minimum atomic E-state index is -3.36. The number of aromatic nitrogens is 2. The number of rotatable bonds is 10. The van der Waals surface area contributed by atoms with Gasteiger partial charge in [-0.15, -0.1) is 0 Å². The van der Waals surface area contributed by atoms with Gasteiger partial charge in [0, 0.05) is 42.3 Å². The Morgan fingerprint density at radius 1 is 1.12 bits per heavy atom. The topological polar surface area (TPSA) is 135 Å². The molecule has 2 heterocycles. The normalized spacial score (nSPS) is 18.1. The molecule has 2 aromatic carbocycles. The maximum absolute atomic E-state index is 13.6. The van der Waals surface area contributed by atoms with E-state index in [-0.39, 0.29) is 9.93 Å². The zero-order valence-corrected chi connectivity index (χ0v) is 32.9. The lowest BCUT2D eigenvalue weighted by molar-refractivity contribution is 0.0575. The molecule has 1 aliphatic heterocycles. The Hall–Kier alpha value is -3.79. The molecule has 0 bridgehead atoms. The van der Waals surface area contributed by atoms with E-state index in [0.29, 0.717) is 47.5 Å². The van der Waals surface area contributed by atoms with E-state index in [1.54, 1.807) is 41.4 Å². The summed E-state index contributed by atoms with van der Waals surface area (Å²) in [7, 11) is -5.53. The van der Waals surface area contributed by atoms with Gasteiger partial charge in [0.05, 0.1) is 21.8 Å². The quantitative estimate of drug-likeness (QED) is 0.205.